The van der Waals surface area contributed by atoms with Crippen LogP contribution in [0.15, 0.2) is 24.3 Å². The number of halogens is 1. The highest BCUT2D eigenvalue weighted by molar-refractivity contribution is 14.1. The molecule has 0 radical (unpaired) electrons. The van der Waals surface area contributed by atoms with Gasteiger partial charge in [-0.05, 0) is 80.4 Å². The van der Waals surface area contributed by atoms with Crippen LogP contribution in [0.5, 0.6) is 0 Å². The average molecular weight is 317 g/mol. The first kappa shape index (κ1) is 13.0. The van der Waals surface area contributed by atoms with Gasteiger partial charge in [0.1, 0.15) is 0 Å². The molecule has 0 unspecified atom stereocenters. The fourth-order valence-corrected chi connectivity index (χ4v) is 1.77. The van der Waals surface area contributed by atoms with Crippen molar-refractivity contribution in [3.63, 3.8) is 0 Å². The molecule has 0 amide bonds. The fraction of sp³-hybridized carbons (Fsp3) is 0.538. The van der Waals surface area contributed by atoms with Gasteiger partial charge < -0.3 is 5.32 Å². The Morgan fingerprint density at radius 2 is 1.73 bits per heavy atom. The third-order valence-electron chi connectivity index (χ3n) is 2.21. The highest BCUT2D eigenvalue weighted by Gasteiger charge is 2.06. The number of hydrogen-bond donors (Lipinski definition) is 1. The molecule has 0 saturated heterocycles. The van der Waals surface area contributed by atoms with Crippen LogP contribution in [0.25, 0.3) is 0 Å². The van der Waals surface area contributed by atoms with Gasteiger partial charge in [0.05, 0.1) is 0 Å². The monoisotopic (exact) mass is 317 g/mol. The van der Waals surface area contributed by atoms with E-state index in [0.717, 1.165) is 6.54 Å². The molecule has 1 aromatic carbocycles. The number of benzene rings is 1. The van der Waals surface area contributed by atoms with Crippen LogP contribution < -0.4 is 5.32 Å². The van der Waals surface area contributed by atoms with Crippen molar-refractivity contribution in [3.05, 3.63) is 33.4 Å². The third kappa shape index (κ3) is 6.15. The van der Waals surface area contributed by atoms with Gasteiger partial charge in [0.2, 0.25) is 0 Å². The van der Waals surface area contributed by atoms with Gasteiger partial charge >= 0.3 is 0 Å². The molecule has 0 spiro atoms. The lowest BCUT2D eigenvalue weighted by atomic mass is 10.1. The summed E-state index contributed by atoms with van der Waals surface area (Å²) < 4.78 is 1.31. The van der Waals surface area contributed by atoms with Crippen LogP contribution in [0.4, 0.5) is 0 Å². The summed E-state index contributed by atoms with van der Waals surface area (Å²) in [6.07, 6.45) is 2.37. The Bertz CT molecular complexity index is 284. The largest absolute Gasteiger partial charge is 0.312 e. The van der Waals surface area contributed by atoms with Crippen LogP contribution in [-0.4, -0.2) is 12.1 Å². The van der Waals surface area contributed by atoms with Crippen LogP contribution in [0, 0.1) is 3.57 Å². The highest BCUT2D eigenvalue weighted by Crippen LogP contribution is 2.08. The zero-order chi connectivity index (χ0) is 11.3. The smallest absolute Gasteiger partial charge is 0.0130 e. The van der Waals surface area contributed by atoms with E-state index in [2.05, 4.69) is 72.9 Å². The van der Waals surface area contributed by atoms with Crippen molar-refractivity contribution >= 4 is 22.6 Å². The molecule has 2 heteroatoms. The standard InChI is InChI=1S/C13H20IN/c1-13(2,3)15-10-4-5-11-6-8-12(14)9-7-11/h6-9,15H,4-5,10H2,1-3H3. The van der Waals surface area contributed by atoms with E-state index in [-0.39, 0.29) is 5.54 Å². The van der Waals surface area contributed by atoms with Crippen LogP contribution in [0.3, 0.4) is 0 Å². The summed E-state index contributed by atoms with van der Waals surface area (Å²) in [5, 5.41) is 3.50. The van der Waals surface area contributed by atoms with Crippen molar-refractivity contribution in [3.8, 4) is 0 Å². The van der Waals surface area contributed by atoms with Crippen LogP contribution in [0.2, 0.25) is 0 Å². The predicted octanol–water partition coefficient (Wildman–Crippen LogP) is 3.61. The van der Waals surface area contributed by atoms with E-state index in [4.69, 9.17) is 0 Å². The molecular formula is C13H20IN. The Kier molecular flexibility index (Phi) is 5.06. The Morgan fingerprint density at radius 3 is 2.27 bits per heavy atom. The predicted molar refractivity (Wildman–Crippen MR) is 75.2 cm³/mol. The molecule has 1 aromatic rings. The molecule has 1 N–H and O–H groups in total. The lowest BCUT2D eigenvalue weighted by Gasteiger charge is -2.20. The van der Waals surface area contributed by atoms with Crippen molar-refractivity contribution in [1.82, 2.24) is 5.32 Å². The summed E-state index contributed by atoms with van der Waals surface area (Å²) in [4.78, 5) is 0. The van der Waals surface area contributed by atoms with Crippen molar-refractivity contribution in [2.45, 2.75) is 39.2 Å². The van der Waals surface area contributed by atoms with Crippen molar-refractivity contribution in [2.75, 3.05) is 6.54 Å². The lowest BCUT2D eigenvalue weighted by Crippen LogP contribution is -2.36. The average Bonchev–Trinajstić information content (AvgIpc) is 2.14. The summed E-state index contributed by atoms with van der Waals surface area (Å²) in [7, 11) is 0. The van der Waals surface area contributed by atoms with Gasteiger partial charge in [-0.1, -0.05) is 12.1 Å². The Labute approximate surface area is 107 Å². The molecular weight excluding hydrogens is 297 g/mol. The number of hydrogen-bond acceptors (Lipinski definition) is 1. The van der Waals surface area contributed by atoms with Crippen molar-refractivity contribution < 1.29 is 0 Å². The van der Waals surface area contributed by atoms with E-state index in [1.807, 2.05) is 0 Å². The zero-order valence-corrected chi connectivity index (χ0v) is 12.0. The summed E-state index contributed by atoms with van der Waals surface area (Å²) in [5.41, 5.74) is 1.68. The minimum Gasteiger partial charge on any atom is -0.312 e. The second-order valence-electron chi connectivity index (χ2n) is 4.91. The maximum Gasteiger partial charge on any atom is 0.0130 e. The Balaban J connectivity index is 2.23. The Hall–Kier alpha value is -0.0900. The molecule has 15 heavy (non-hydrogen) atoms. The molecule has 0 saturated carbocycles. The van der Waals surface area contributed by atoms with Gasteiger partial charge in [-0.25, -0.2) is 0 Å². The van der Waals surface area contributed by atoms with E-state index in [1.54, 1.807) is 0 Å². The summed E-state index contributed by atoms with van der Waals surface area (Å²) in [6, 6.07) is 8.79. The van der Waals surface area contributed by atoms with E-state index < -0.39 is 0 Å². The van der Waals surface area contributed by atoms with Gasteiger partial charge in [-0.2, -0.15) is 0 Å². The normalized spacial score (nSPS) is 11.7. The minimum atomic E-state index is 0.242. The van der Waals surface area contributed by atoms with E-state index in [0.29, 0.717) is 0 Å². The number of aryl methyl sites for hydroxylation is 1. The van der Waals surface area contributed by atoms with E-state index in [9.17, 15) is 0 Å². The van der Waals surface area contributed by atoms with Crippen LogP contribution in [0.1, 0.15) is 32.8 Å². The third-order valence-corrected chi connectivity index (χ3v) is 2.93. The highest BCUT2D eigenvalue weighted by atomic mass is 127. The van der Waals surface area contributed by atoms with Gasteiger partial charge in [-0.3, -0.25) is 0 Å². The van der Waals surface area contributed by atoms with Gasteiger partial charge in [0.25, 0.3) is 0 Å². The molecule has 0 aliphatic rings. The first-order valence-electron chi connectivity index (χ1n) is 5.47. The quantitative estimate of drug-likeness (QED) is 0.661. The topological polar surface area (TPSA) is 12.0 Å². The summed E-state index contributed by atoms with van der Waals surface area (Å²) >= 11 is 2.34. The number of rotatable bonds is 4. The summed E-state index contributed by atoms with van der Waals surface area (Å²) in [5.74, 6) is 0. The summed E-state index contributed by atoms with van der Waals surface area (Å²) in [6.45, 7) is 7.71. The lowest BCUT2D eigenvalue weighted by molar-refractivity contribution is 0.422. The second kappa shape index (κ2) is 5.85. The first-order chi connectivity index (χ1) is 6.97. The van der Waals surface area contributed by atoms with E-state index >= 15 is 0 Å². The number of nitrogens with one attached hydrogen (secondary N) is 1. The van der Waals surface area contributed by atoms with Gasteiger partial charge in [0, 0.05) is 9.11 Å². The SMILES string of the molecule is CC(C)(C)NCCCc1ccc(I)cc1. The molecule has 1 rings (SSSR count). The molecule has 0 aliphatic carbocycles. The maximum atomic E-state index is 3.50. The first-order valence-corrected chi connectivity index (χ1v) is 6.55. The molecule has 0 heterocycles. The fourth-order valence-electron chi connectivity index (χ4n) is 1.41. The molecule has 0 fully saturated rings. The Morgan fingerprint density at radius 1 is 1.13 bits per heavy atom. The second-order valence-corrected chi connectivity index (χ2v) is 6.15. The van der Waals surface area contributed by atoms with Gasteiger partial charge in [-0.15, -0.1) is 0 Å². The molecule has 84 valence electrons. The zero-order valence-electron chi connectivity index (χ0n) is 9.81. The van der Waals surface area contributed by atoms with Crippen molar-refractivity contribution in [2.24, 2.45) is 0 Å². The van der Waals surface area contributed by atoms with Crippen molar-refractivity contribution in [1.29, 1.82) is 0 Å². The molecule has 0 bridgehead atoms. The minimum absolute atomic E-state index is 0.242. The molecule has 1 nitrogen and oxygen atoms in total. The van der Waals surface area contributed by atoms with Gasteiger partial charge in [0.15, 0.2) is 0 Å². The van der Waals surface area contributed by atoms with E-state index in [1.165, 1.54) is 22.0 Å². The van der Waals surface area contributed by atoms with Crippen LogP contribution in [-0.2, 0) is 6.42 Å². The molecule has 0 aromatic heterocycles. The molecule has 0 atom stereocenters. The molecule has 0 aliphatic heterocycles. The van der Waals surface area contributed by atoms with Crippen LogP contribution >= 0.6 is 22.6 Å². The maximum absolute atomic E-state index is 3.50.